The van der Waals surface area contributed by atoms with Crippen LogP contribution < -0.4 is 10.6 Å². The molecule has 3 N–H and O–H groups in total. The largest absolute Gasteiger partial charge is 0.396 e. The van der Waals surface area contributed by atoms with Crippen molar-refractivity contribution in [2.45, 2.75) is 70.1 Å². The molecule has 0 saturated carbocycles. The van der Waals surface area contributed by atoms with E-state index in [9.17, 15) is 19.5 Å². The lowest BCUT2D eigenvalue weighted by Crippen LogP contribution is -2.53. The van der Waals surface area contributed by atoms with Crippen LogP contribution in [0, 0.1) is 25.7 Å². The maximum atomic E-state index is 14.1. The Hall–Kier alpha value is -3.23. The van der Waals surface area contributed by atoms with Crippen LogP contribution in [-0.2, 0) is 19.1 Å². The van der Waals surface area contributed by atoms with Crippen LogP contribution in [-0.4, -0.2) is 58.1 Å². The number of likely N-dealkylation sites (tertiary alicyclic amines) is 1. The smallest absolute Gasteiger partial charge is 0.250 e. The number of nitrogens with one attached hydrogen (secondary N) is 2. The minimum absolute atomic E-state index is 0.0835. The number of fused-ring (bicyclic) bond motifs is 1. The highest BCUT2D eigenvalue weighted by Gasteiger charge is 2.77. The Labute approximate surface area is 223 Å². The molecule has 3 heterocycles. The molecule has 3 aliphatic heterocycles. The molecule has 0 aliphatic carbocycles. The lowest BCUT2D eigenvalue weighted by molar-refractivity contribution is -0.143. The van der Waals surface area contributed by atoms with E-state index in [1.807, 2.05) is 69.3 Å². The van der Waals surface area contributed by atoms with Crippen molar-refractivity contribution in [2.75, 3.05) is 23.8 Å². The number of hydrogen-bond acceptors (Lipinski definition) is 5. The highest BCUT2D eigenvalue weighted by atomic mass is 16.5. The molecule has 5 atom stereocenters. The molecule has 2 unspecified atom stereocenters. The fraction of sp³-hybridized carbons (Fsp3) is 0.500. The van der Waals surface area contributed by atoms with Gasteiger partial charge in [-0.25, -0.2) is 0 Å². The first kappa shape index (κ1) is 26.4. The van der Waals surface area contributed by atoms with Gasteiger partial charge in [0.25, 0.3) is 0 Å². The van der Waals surface area contributed by atoms with Gasteiger partial charge in [-0.15, -0.1) is 0 Å². The predicted molar refractivity (Wildman–Crippen MR) is 144 cm³/mol. The maximum absolute atomic E-state index is 14.1. The van der Waals surface area contributed by atoms with E-state index in [0.29, 0.717) is 37.9 Å². The number of hydrogen-bond donors (Lipinski definition) is 3. The molecule has 2 aromatic carbocycles. The van der Waals surface area contributed by atoms with Crippen LogP contribution in [0.2, 0.25) is 0 Å². The SMILES string of the molecule is Cc1cccc(C)c1NC(=O)C1N(CCCCCO)C(=O)[C@@H]2[C@H](C(=O)Nc3ccccc3)[C@]3(C)CCC12O3. The predicted octanol–water partition coefficient (Wildman–Crippen LogP) is 3.81. The van der Waals surface area contributed by atoms with Crippen molar-refractivity contribution in [2.24, 2.45) is 11.8 Å². The first-order valence-electron chi connectivity index (χ1n) is 13.6. The van der Waals surface area contributed by atoms with E-state index < -0.39 is 29.1 Å². The number of aliphatic hydroxyl groups excluding tert-OH is 1. The Kier molecular flexibility index (Phi) is 7.05. The average molecular weight is 520 g/mol. The first-order valence-corrected chi connectivity index (χ1v) is 13.6. The third-order valence-electron chi connectivity index (χ3n) is 8.64. The third-order valence-corrected chi connectivity index (χ3v) is 8.64. The molecule has 3 amide bonds. The van der Waals surface area contributed by atoms with Gasteiger partial charge in [-0.2, -0.15) is 0 Å². The van der Waals surface area contributed by atoms with Crippen molar-refractivity contribution in [3.05, 3.63) is 59.7 Å². The lowest BCUT2D eigenvalue weighted by atomic mass is 9.66. The summed E-state index contributed by atoms with van der Waals surface area (Å²) in [5, 5.41) is 15.3. The molecule has 5 rings (SSSR count). The van der Waals surface area contributed by atoms with E-state index in [0.717, 1.165) is 23.2 Å². The fourth-order valence-corrected chi connectivity index (χ4v) is 6.88. The second-order valence-corrected chi connectivity index (χ2v) is 11.2. The van der Waals surface area contributed by atoms with E-state index in [1.54, 1.807) is 4.90 Å². The second kappa shape index (κ2) is 10.2. The third kappa shape index (κ3) is 4.29. The molecule has 202 valence electrons. The zero-order chi connectivity index (χ0) is 27.1. The number of unbranched alkanes of at least 4 members (excludes halogenated alkanes) is 2. The number of aliphatic hydroxyl groups is 1. The highest BCUT2D eigenvalue weighted by Crippen LogP contribution is 2.63. The number of benzene rings is 2. The number of nitrogens with zero attached hydrogens (tertiary/aromatic N) is 1. The van der Waals surface area contributed by atoms with Crippen molar-refractivity contribution in [1.29, 1.82) is 0 Å². The van der Waals surface area contributed by atoms with Gasteiger partial charge in [0.15, 0.2) is 0 Å². The Bertz CT molecular complexity index is 1210. The number of anilines is 2. The van der Waals surface area contributed by atoms with Gasteiger partial charge in [-0.1, -0.05) is 36.4 Å². The monoisotopic (exact) mass is 519 g/mol. The summed E-state index contributed by atoms with van der Waals surface area (Å²) >= 11 is 0. The van der Waals surface area contributed by atoms with E-state index in [4.69, 9.17) is 4.74 Å². The molecule has 8 nitrogen and oxygen atoms in total. The fourth-order valence-electron chi connectivity index (χ4n) is 6.88. The van der Waals surface area contributed by atoms with E-state index in [1.165, 1.54) is 0 Å². The number of aryl methyl sites for hydroxylation is 2. The van der Waals surface area contributed by atoms with Crippen molar-refractivity contribution >= 4 is 29.1 Å². The van der Waals surface area contributed by atoms with Gasteiger partial charge in [-0.05, 0) is 76.1 Å². The lowest BCUT2D eigenvalue weighted by Gasteiger charge is -2.33. The molecule has 3 aliphatic rings. The zero-order valence-electron chi connectivity index (χ0n) is 22.3. The quantitative estimate of drug-likeness (QED) is 0.437. The van der Waals surface area contributed by atoms with Gasteiger partial charge in [0.05, 0.1) is 17.4 Å². The van der Waals surface area contributed by atoms with Crippen molar-refractivity contribution in [3.63, 3.8) is 0 Å². The van der Waals surface area contributed by atoms with Crippen molar-refractivity contribution in [3.8, 4) is 0 Å². The normalized spacial score (nSPS) is 29.4. The highest BCUT2D eigenvalue weighted by molar-refractivity contribution is 6.05. The molecule has 1 spiro atoms. The van der Waals surface area contributed by atoms with E-state index in [-0.39, 0.29) is 24.3 Å². The van der Waals surface area contributed by atoms with Crippen LogP contribution in [0.5, 0.6) is 0 Å². The summed E-state index contributed by atoms with van der Waals surface area (Å²) in [5.41, 5.74) is 1.38. The Morgan fingerprint density at radius 1 is 0.974 bits per heavy atom. The van der Waals surface area contributed by atoms with Crippen LogP contribution >= 0.6 is 0 Å². The van der Waals surface area contributed by atoms with Crippen LogP contribution in [0.25, 0.3) is 0 Å². The van der Waals surface area contributed by atoms with Crippen LogP contribution in [0.3, 0.4) is 0 Å². The van der Waals surface area contributed by atoms with Gasteiger partial charge in [-0.3, -0.25) is 14.4 Å². The molecule has 2 aromatic rings. The van der Waals surface area contributed by atoms with E-state index in [2.05, 4.69) is 10.6 Å². The summed E-state index contributed by atoms with van der Waals surface area (Å²) in [7, 11) is 0. The zero-order valence-corrected chi connectivity index (χ0v) is 22.3. The molecule has 2 bridgehead atoms. The second-order valence-electron chi connectivity index (χ2n) is 11.2. The molecular weight excluding hydrogens is 482 g/mol. The summed E-state index contributed by atoms with van der Waals surface area (Å²) in [6.45, 7) is 6.24. The summed E-state index contributed by atoms with van der Waals surface area (Å²) in [5.74, 6) is -2.19. The van der Waals surface area contributed by atoms with Crippen LogP contribution in [0.4, 0.5) is 11.4 Å². The standard InChI is InChI=1S/C30H37N3O5/c1-19-11-10-12-20(2)24(19)32-27(36)25-30-16-15-29(3,38-30)22(26(35)31-21-13-6-4-7-14-21)23(30)28(37)33(25)17-8-5-9-18-34/h4,6-7,10-14,22-23,25,34H,5,8-9,15-18H2,1-3H3,(H,31,35)(H,32,36)/t22-,23+,25?,29+,30?/m1/s1. The van der Waals surface area contributed by atoms with Gasteiger partial charge in [0, 0.05) is 24.5 Å². The Morgan fingerprint density at radius 3 is 2.37 bits per heavy atom. The average Bonchev–Trinajstić information content (AvgIpc) is 3.45. The number of ether oxygens (including phenoxy) is 1. The summed E-state index contributed by atoms with van der Waals surface area (Å²) in [6, 6.07) is 14.2. The Balaban J connectivity index is 1.49. The van der Waals surface area contributed by atoms with Gasteiger partial charge < -0.3 is 25.4 Å². The number of carbonyl (C=O) groups is 3. The number of amides is 3. The molecule has 3 fully saturated rings. The molecule has 0 aromatic heterocycles. The number of para-hydroxylation sites is 2. The molecule has 8 heteroatoms. The van der Waals surface area contributed by atoms with Crippen LogP contribution in [0.1, 0.15) is 50.2 Å². The summed E-state index contributed by atoms with van der Waals surface area (Å²) < 4.78 is 6.68. The Morgan fingerprint density at radius 2 is 1.68 bits per heavy atom. The summed E-state index contributed by atoms with van der Waals surface area (Å²) in [4.78, 5) is 43.4. The minimum Gasteiger partial charge on any atom is -0.396 e. The number of carbonyl (C=O) groups excluding carboxylic acids is 3. The first-order chi connectivity index (χ1) is 18.2. The van der Waals surface area contributed by atoms with Gasteiger partial charge in [0.2, 0.25) is 17.7 Å². The van der Waals surface area contributed by atoms with Gasteiger partial charge in [0.1, 0.15) is 11.6 Å². The maximum Gasteiger partial charge on any atom is 0.250 e. The molecule has 0 radical (unpaired) electrons. The van der Waals surface area contributed by atoms with Crippen molar-refractivity contribution in [1.82, 2.24) is 4.90 Å². The molecule has 3 saturated heterocycles. The van der Waals surface area contributed by atoms with Crippen LogP contribution in [0.15, 0.2) is 48.5 Å². The molecule has 38 heavy (non-hydrogen) atoms. The van der Waals surface area contributed by atoms with Crippen molar-refractivity contribution < 1.29 is 24.2 Å². The number of rotatable bonds is 9. The minimum atomic E-state index is -1.07. The summed E-state index contributed by atoms with van der Waals surface area (Å²) in [6.07, 6.45) is 3.15. The van der Waals surface area contributed by atoms with Gasteiger partial charge >= 0.3 is 0 Å². The van der Waals surface area contributed by atoms with E-state index >= 15 is 0 Å². The molecular formula is C30H37N3O5. The topological polar surface area (TPSA) is 108 Å².